The SMILES string of the molecule is COc1ccc(CNC(=S)NCCOc2ccccc2F)cc1. The lowest BCUT2D eigenvalue weighted by molar-refractivity contribution is 0.306. The molecule has 23 heavy (non-hydrogen) atoms. The topological polar surface area (TPSA) is 42.5 Å². The first-order valence-corrected chi connectivity index (χ1v) is 7.62. The molecule has 4 nitrogen and oxygen atoms in total. The average Bonchev–Trinajstić information content (AvgIpc) is 2.59. The maximum absolute atomic E-state index is 13.3. The van der Waals surface area contributed by atoms with Crippen LogP contribution in [0.1, 0.15) is 5.56 Å². The summed E-state index contributed by atoms with van der Waals surface area (Å²) in [4.78, 5) is 0. The van der Waals surface area contributed by atoms with E-state index in [0.29, 0.717) is 24.8 Å². The summed E-state index contributed by atoms with van der Waals surface area (Å²) in [6.45, 7) is 1.43. The zero-order valence-corrected chi connectivity index (χ0v) is 13.7. The third kappa shape index (κ3) is 5.75. The Hall–Kier alpha value is -2.34. The van der Waals surface area contributed by atoms with Crippen LogP contribution in [0.2, 0.25) is 0 Å². The molecule has 0 fully saturated rings. The number of hydrogen-bond acceptors (Lipinski definition) is 3. The monoisotopic (exact) mass is 334 g/mol. The Morgan fingerprint density at radius 3 is 2.52 bits per heavy atom. The van der Waals surface area contributed by atoms with E-state index in [1.807, 2.05) is 24.3 Å². The van der Waals surface area contributed by atoms with Crippen molar-refractivity contribution in [1.29, 1.82) is 0 Å². The summed E-state index contributed by atoms with van der Waals surface area (Å²) >= 11 is 5.18. The van der Waals surface area contributed by atoms with Gasteiger partial charge in [-0.1, -0.05) is 24.3 Å². The Labute approximate surface area is 140 Å². The molecule has 0 saturated carbocycles. The van der Waals surface area contributed by atoms with Gasteiger partial charge >= 0.3 is 0 Å². The Morgan fingerprint density at radius 2 is 1.83 bits per heavy atom. The fourth-order valence-electron chi connectivity index (χ4n) is 1.88. The first kappa shape index (κ1) is 17.0. The lowest BCUT2D eigenvalue weighted by Crippen LogP contribution is -2.37. The van der Waals surface area contributed by atoms with Gasteiger partial charge in [-0.25, -0.2) is 4.39 Å². The summed E-state index contributed by atoms with van der Waals surface area (Å²) in [6.07, 6.45) is 0. The van der Waals surface area contributed by atoms with Crippen molar-refractivity contribution in [2.24, 2.45) is 0 Å². The molecule has 122 valence electrons. The molecule has 0 atom stereocenters. The fraction of sp³-hybridized carbons (Fsp3) is 0.235. The van der Waals surface area contributed by atoms with Crippen LogP contribution in [0.15, 0.2) is 48.5 Å². The van der Waals surface area contributed by atoms with Crippen LogP contribution < -0.4 is 20.1 Å². The lowest BCUT2D eigenvalue weighted by atomic mass is 10.2. The summed E-state index contributed by atoms with van der Waals surface area (Å²) in [5.74, 6) is 0.693. The van der Waals surface area contributed by atoms with E-state index in [0.717, 1.165) is 11.3 Å². The van der Waals surface area contributed by atoms with Crippen molar-refractivity contribution in [1.82, 2.24) is 10.6 Å². The van der Waals surface area contributed by atoms with Gasteiger partial charge in [0.05, 0.1) is 13.7 Å². The van der Waals surface area contributed by atoms with Crippen molar-refractivity contribution in [2.45, 2.75) is 6.54 Å². The number of rotatable bonds is 7. The molecule has 0 amide bonds. The van der Waals surface area contributed by atoms with Gasteiger partial charge in [-0.2, -0.15) is 0 Å². The molecule has 0 spiro atoms. The van der Waals surface area contributed by atoms with Gasteiger partial charge in [0.15, 0.2) is 16.7 Å². The van der Waals surface area contributed by atoms with Crippen LogP contribution in [0.5, 0.6) is 11.5 Å². The van der Waals surface area contributed by atoms with Gasteiger partial charge in [0.1, 0.15) is 12.4 Å². The van der Waals surface area contributed by atoms with Crippen LogP contribution in [0.3, 0.4) is 0 Å². The molecule has 0 saturated heterocycles. The van der Waals surface area contributed by atoms with Crippen molar-refractivity contribution < 1.29 is 13.9 Å². The highest BCUT2D eigenvalue weighted by molar-refractivity contribution is 7.80. The van der Waals surface area contributed by atoms with Gasteiger partial charge in [0, 0.05) is 6.54 Å². The van der Waals surface area contributed by atoms with E-state index in [4.69, 9.17) is 21.7 Å². The van der Waals surface area contributed by atoms with E-state index in [1.54, 1.807) is 25.3 Å². The summed E-state index contributed by atoms with van der Waals surface area (Å²) in [6, 6.07) is 14.0. The molecule has 2 rings (SSSR count). The van der Waals surface area contributed by atoms with Crippen molar-refractivity contribution in [3.63, 3.8) is 0 Å². The van der Waals surface area contributed by atoms with Crippen molar-refractivity contribution in [3.05, 3.63) is 59.9 Å². The fourth-order valence-corrected chi connectivity index (χ4v) is 2.05. The van der Waals surface area contributed by atoms with E-state index in [1.165, 1.54) is 6.07 Å². The second-order valence-corrected chi connectivity index (χ2v) is 5.14. The molecule has 0 aromatic heterocycles. The third-order valence-electron chi connectivity index (χ3n) is 3.09. The van der Waals surface area contributed by atoms with E-state index in [-0.39, 0.29) is 11.6 Å². The zero-order valence-electron chi connectivity index (χ0n) is 12.8. The normalized spacial score (nSPS) is 10.0. The molecular weight excluding hydrogens is 315 g/mol. The highest BCUT2D eigenvalue weighted by Crippen LogP contribution is 2.14. The van der Waals surface area contributed by atoms with Gasteiger partial charge in [-0.05, 0) is 42.0 Å². The van der Waals surface area contributed by atoms with Crippen LogP contribution >= 0.6 is 12.2 Å². The number of hydrogen-bond donors (Lipinski definition) is 2. The molecule has 6 heteroatoms. The lowest BCUT2D eigenvalue weighted by Gasteiger charge is -2.12. The molecule has 0 heterocycles. The van der Waals surface area contributed by atoms with E-state index in [2.05, 4.69) is 10.6 Å². The molecule has 2 aromatic carbocycles. The number of ether oxygens (including phenoxy) is 2. The maximum Gasteiger partial charge on any atom is 0.166 e. The van der Waals surface area contributed by atoms with E-state index >= 15 is 0 Å². The molecule has 0 radical (unpaired) electrons. The minimum Gasteiger partial charge on any atom is -0.497 e. The minimum absolute atomic E-state index is 0.242. The number of para-hydroxylation sites is 1. The van der Waals surface area contributed by atoms with Gasteiger partial charge in [0.2, 0.25) is 0 Å². The highest BCUT2D eigenvalue weighted by Gasteiger charge is 2.01. The number of nitrogens with one attached hydrogen (secondary N) is 2. The number of thiocarbonyl (C=S) groups is 1. The van der Waals surface area contributed by atoms with Crippen molar-refractivity contribution in [3.8, 4) is 11.5 Å². The quantitative estimate of drug-likeness (QED) is 0.602. The Bertz CT molecular complexity index is 635. The zero-order chi connectivity index (χ0) is 16.5. The molecule has 0 unspecified atom stereocenters. The molecule has 2 aromatic rings. The van der Waals surface area contributed by atoms with Crippen molar-refractivity contribution >= 4 is 17.3 Å². The largest absolute Gasteiger partial charge is 0.497 e. The molecule has 0 aliphatic heterocycles. The van der Waals surface area contributed by atoms with Gasteiger partial charge in [-0.15, -0.1) is 0 Å². The molecule has 2 N–H and O–H groups in total. The van der Waals surface area contributed by atoms with Crippen LogP contribution in [-0.2, 0) is 6.54 Å². The molecule has 0 aliphatic rings. The number of benzene rings is 2. The minimum atomic E-state index is -0.368. The molecular formula is C17H19FN2O2S. The first-order chi connectivity index (χ1) is 11.2. The predicted octanol–water partition coefficient (Wildman–Crippen LogP) is 2.88. The van der Waals surface area contributed by atoms with E-state index in [9.17, 15) is 4.39 Å². The van der Waals surface area contributed by atoms with Crippen molar-refractivity contribution in [2.75, 3.05) is 20.3 Å². The van der Waals surface area contributed by atoms with Crippen LogP contribution in [0, 0.1) is 5.82 Å². The third-order valence-corrected chi connectivity index (χ3v) is 3.38. The summed E-state index contributed by atoms with van der Waals surface area (Å²) in [5.41, 5.74) is 1.09. The molecule has 0 aliphatic carbocycles. The summed E-state index contributed by atoms with van der Waals surface area (Å²) in [5, 5.41) is 6.64. The standard InChI is InChI=1S/C17H19FN2O2S/c1-21-14-8-6-13(7-9-14)12-20-17(23)19-10-11-22-16-5-3-2-4-15(16)18/h2-9H,10-12H2,1H3,(H2,19,20,23). The summed E-state index contributed by atoms with van der Waals surface area (Å²) in [7, 11) is 1.63. The van der Waals surface area contributed by atoms with Gasteiger partial charge in [-0.3, -0.25) is 0 Å². The highest BCUT2D eigenvalue weighted by atomic mass is 32.1. The Balaban J connectivity index is 1.64. The van der Waals surface area contributed by atoms with Crippen LogP contribution in [0.25, 0.3) is 0 Å². The maximum atomic E-state index is 13.3. The second-order valence-electron chi connectivity index (χ2n) is 4.74. The number of halogens is 1. The second kappa shape index (κ2) is 8.95. The predicted molar refractivity (Wildman–Crippen MR) is 92.3 cm³/mol. The molecule has 0 bridgehead atoms. The Kier molecular flexibility index (Phi) is 6.62. The Morgan fingerprint density at radius 1 is 1.09 bits per heavy atom. The van der Waals surface area contributed by atoms with E-state index < -0.39 is 0 Å². The van der Waals surface area contributed by atoms with Gasteiger partial charge in [0.25, 0.3) is 0 Å². The first-order valence-electron chi connectivity index (χ1n) is 7.21. The smallest absolute Gasteiger partial charge is 0.166 e. The number of methoxy groups -OCH3 is 1. The average molecular weight is 334 g/mol. The van der Waals surface area contributed by atoms with Crippen LogP contribution in [-0.4, -0.2) is 25.4 Å². The van der Waals surface area contributed by atoms with Crippen LogP contribution in [0.4, 0.5) is 4.39 Å². The summed E-state index contributed by atoms with van der Waals surface area (Å²) < 4.78 is 23.8. The van der Waals surface area contributed by atoms with Gasteiger partial charge < -0.3 is 20.1 Å².